The molecule has 0 aromatic heterocycles. The average Bonchev–Trinajstić information content (AvgIpc) is 3.28. The summed E-state index contributed by atoms with van der Waals surface area (Å²) >= 11 is 0. The zero-order valence-electron chi connectivity index (χ0n) is 19.1. The molecular weight excluding hydrogens is 424 g/mol. The molecule has 1 atom stereocenters. The minimum atomic E-state index is -0.331. The van der Waals surface area contributed by atoms with Crippen LogP contribution < -0.4 is 5.01 Å². The van der Waals surface area contributed by atoms with Crippen molar-refractivity contribution in [1.82, 2.24) is 5.01 Å². The molecule has 5 heteroatoms. The van der Waals surface area contributed by atoms with Crippen molar-refractivity contribution < 1.29 is 14.3 Å². The van der Waals surface area contributed by atoms with E-state index in [9.17, 15) is 9.59 Å². The van der Waals surface area contributed by atoms with Gasteiger partial charge in [0.1, 0.15) is 0 Å². The summed E-state index contributed by atoms with van der Waals surface area (Å²) in [6.07, 6.45) is 4.58. The number of nitrogens with zero attached hydrogens (tertiary/aromatic N) is 2. The minimum absolute atomic E-state index is 0.103. The maximum absolute atomic E-state index is 13.7. The quantitative estimate of drug-likeness (QED) is 0.403. The van der Waals surface area contributed by atoms with Crippen molar-refractivity contribution in [2.75, 3.05) is 18.2 Å². The second kappa shape index (κ2) is 9.40. The maximum atomic E-state index is 13.7. The molecule has 0 N–H and O–H groups in total. The number of hydrogen-bond donors (Lipinski definition) is 0. The molecule has 0 saturated carbocycles. The van der Waals surface area contributed by atoms with Gasteiger partial charge < -0.3 is 4.74 Å². The first-order valence-corrected chi connectivity index (χ1v) is 11.5. The van der Waals surface area contributed by atoms with E-state index in [0.717, 1.165) is 22.4 Å². The van der Waals surface area contributed by atoms with E-state index >= 15 is 0 Å². The van der Waals surface area contributed by atoms with Gasteiger partial charge in [-0.1, -0.05) is 78.9 Å². The van der Waals surface area contributed by atoms with Crippen LogP contribution in [0.5, 0.6) is 0 Å². The summed E-state index contributed by atoms with van der Waals surface area (Å²) < 4.78 is 5.48. The van der Waals surface area contributed by atoms with Crippen LogP contribution in [-0.2, 0) is 16.0 Å². The van der Waals surface area contributed by atoms with Gasteiger partial charge in [0.15, 0.2) is 0 Å². The predicted octanol–water partition coefficient (Wildman–Crippen LogP) is 5.06. The monoisotopic (exact) mass is 450 g/mol. The van der Waals surface area contributed by atoms with E-state index in [2.05, 4.69) is 12.2 Å². The molecule has 2 aliphatic heterocycles. The Morgan fingerprint density at radius 1 is 0.912 bits per heavy atom. The third-order valence-electron chi connectivity index (χ3n) is 6.23. The second-order valence-corrected chi connectivity index (χ2v) is 8.32. The summed E-state index contributed by atoms with van der Waals surface area (Å²) in [5.41, 5.74) is 5.10. The molecular formula is C29H26N2O3. The highest BCUT2D eigenvalue weighted by Crippen LogP contribution is 2.39. The number of hydrazine groups is 1. The highest BCUT2D eigenvalue weighted by molar-refractivity contribution is 5.98. The molecule has 0 aliphatic carbocycles. The fourth-order valence-corrected chi connectivity index (χ4v) is 4.65. The molecule has 2 heterocycles. The molecule has 5 nitrogen and oxygen atoms in total. The number of rotatable bonds is 5. The van der Waals surface area contributed by atoms with Gasteiger partial charge in [0.05, 0.1) is 24.9 Å². The van der Waals surface area contributed by atoms with Gasteiger partial charge in [-0.3, -0.25) is 9.80 Å². The van der Waals surface area contributed by atoms with Gasteiger partial charge in [-0.25, -0.2) is 9.80 Å². The van der Waals surface area contributed by atoms with Gasteiger partial charge in [0.25, 0.3) is 5.91 Å². The Bertz CT molecular complexity index is 1260. The van der Waals surface area contributed by atoms with Crippen LogP contribution in [0.15, 0.2) is 102 Å². The molecule has 3 aromatic carbocycles. The van der Waals surface area contributed by atoms with Crippen LogP contribution in [0, 0.1) is 0 Å². The van der Waals surface area contributed by atoms with E-state index in [1.54, 1.807) is 5.01 Å². The fraction of sp³-hybridized carbons (Fsp3) is 0.172. The molecule has 1 fully saturated rings. The van der Waals surface area contributed by atoms with E-state index in [4.69, 9.17) is 4.74 Å². The molecule has 0 spiro atoms. The topological polar surface area (TPSA) is 49.9 Å². The van der Waals surface area contributed by atoms with E-state index in [1.807, 2.05) is 96.9 Å². The average molecular weight is 451 g/mol. The SMILES string of the molecule is CCOC(=O)/C(Cc1ccccc1)=C1\CN(C(=O)c2ccccc2)N2c3ccccc3C=CC12. The lowest BCUT2D eigenvalue weighted by Crippen LogP contribution is -2.45. The van der Waals surface area contributed by atoms with E-state index < -0.39 is 0 Å². The number of benzene rings is 3. The second-order valence-electron chi connectivity index (χ2n) is 8.32. The molecule has 170 valence electrons. The molecule has 34 heavy (non-hydrogen) atoms. The lowest BCUT2D eigenvalue weighted by Gasteiger charge is -2.36. The third kappa shape index (κ3) is 4.01. The Morgan fingerprint density at radius 2 is 1.59 bits per heavy atom. The zero-order valence-corrected chi connectivity index (χ0v) is 19.1. The molecule has 0 radical (unpaired) electrons. The summed E-state index contributed by atoms with van der Waals surface area (Å²) in [6, 6.07) is 26.9. The number of carbonyl (C=O) groups is 2. The van der Waals surface area contributed by atoms with Crippen LogP contribution in [0.25, 0.3) is 6.08 Å². The largest absolute Gasteiger partial charge is 0.463 e. The number of hydrogen-bond acceptors (Lipinski definition) is 4. The van der Waals surface area contributed by atoms with Crippen molar-refractivity contribution in [1.29, 1.82) is 0 Å². The van der Waals surface area contributed by atoms with Crippen LogP contribution in [-0.4, -0.2) is 36.1 Å². The molecule has 2 aliphatic rings. The van der Waals surface area contributed by atoms with Crippen molar-refractivity contribution in [2.24, 2.45) is 0 Å². The van der Waals surface area contributed by atoms with Crippen molar-refractivity contribution in [3.63, 3.8) is 0 Å². The Balaban J connectivity index is 1.64. The van der Waals surface area contributed by atoms with Crippen molar-refractivity contribution in [3.8, 4) is 0 Å². The summed E-state index contributed by atoms with van der Waals surface area (Å²) in [5, 5.41) is 3.77. The highest BCUT2D eigenvalue weighted by Gasteiger charge is 2.42. The van der Waals surface area contributed by atoms with Gasteiger partial charge in [0, 0.05) is 17.6 Å². The number of anilines is 1. The number of carbonyl (C=O) groups excluding carboxylic acids is 2. The lowest BCUT2D eigenvalue weighted by molar-refractivity contribution is -0.138. The van der Waals surface area contributed by atoms with E-state index in [1.165, 1.54) is 0 Å². The van der Waals surface area contributed by atoms with Gasteiger partial charge in [-0.15, -0.1) is 0 Å². The molecule has 5 rings (SSSR count). The maximum Gasteiger partial charge on any atom is 0.334 e. The normalized spacial score (nSPS) is 17.7. The van der Waals surface area contributed by atoms with Gasteiger partial charge in [0.2, 0.25) is 0 Å². The van der Waals surface area contributed by atoms with Crippen LogP contribution in [0.3, 0.4) is 0 Å². The smallest absolute Gasteiger partial charge is 0.334 e. The third-order valence-corrected chi connectivity index (χ3v) is 6.23. The Kier molecular flexibility index (Phi) is 6.00. The number of fused-ring (bicyclic) bond motifs is 3. The molecule has 0 bridgehead atoms. The first-order valence-electron chi connectivity index (χ1n) is 11.5. The first-order chi connectivity index (χ1) is 16.7. The summed E-state index contributed by atoms with van der Waals surface area (Å²) in [7, 11) is 0. The van der Waals surface area contributed by atoms with Crippen molar-refractivity contribution >= 4 is 23.6 Å². The van der Waals surface area contributed by atoms with E-state index in [-0.39, 0.29) is 17.9 Å². The van der Waals surface area contributed by atoms with E-state index in [0.29, 0.717) is 30.7 Å². The van der Waals surface area contributed by atoms with Crippen LogP contribution in [0.2, 0.25) is 0 Å². The number of ether oxygens (including phenoxy) is 1. The first kappa shape index (κ1) is 21.7. The highest BCUT2D eigenvalue weighted by atomic mass is 16.5. The number of esters is 1. The van der Waals surface area contributed by atoms with Crippen molar-refractivity contribution in [2.45, 2.75) is 19.4 Å². The summed E-state index contributed by atoms with van der Waals surface area (Å²) in [6.45, 7) is 2.42. The molecule has 1 amide bonds. The zero-order chi connectivity index (χ0) is 23.5. The minimum Gasteiger partial charge on any atom is -0.463 e. The van der Waals surface area contributed by atoms with Gasteiger partial charge in [-0.2, -0.15) is 0 Å². The van der Waals surface area contributed by atoms with Crippen LogP contribution in [0.4, 0.5) is 5.69 Å². The molecule has 3 aromatic rings. The standard InChI is InChI=1S/C29H26N2O3/c1-2-34-29(33)24(19-21-11-5-3-6-12-21)25-20-30(28(32)23-14-7-4-8-15-23)31-26-16-10-9-13-22(26)17-18-27(25)31/h3-18,27H,2,19-20H2,1H3/b25-24+. The van der Waals surface area contributed by atoms with Crippen LogP contribution in [0.1, 0.15) is 28.4 Å². The number of amides is 1. The fourth-order valence-electron chi connectivity index (χ4n) is 4.65. The number of para-hydroxylation sites is 1. The van der Waals surface area contributed by atoms with Gasteiger partial charge in [-0.05, 0) is 41.8 Å². The van der Waals surface area contributed by atoms with Crippen LogP contribution >= 0.6 is 0 Å². The lowest BCUT2D eigenvalue weighted by atomic mass is 9.93. The van der Waals surface area contributed by atoms with Crippen molar-refractivity contribution in [3.05, 3.63) is 119 Å². The Labute approximate surface area is 199 Å². The van der Waals surface area contributed by atoms with Gasteiger partial charge >= 0.3 is 5.97 Å². The predicted molar refractivity (Wildman–Crippen MR) is 133 cm³/mol. The summed E-state index contributed by atoms with van der Waals surface area (Å²) in [4.78, 5) is 26.8. The Morgan fingerprint density at radius 3 is 2.32 bits per heavy atom. The molecule has 1 saturated heterocycles. The molecule has 1 unspecified atom stereocenters. The Hall–Kier alpha value is -4.12. The summed E-state index contributed by atoms with van der Waals surface area (Å²) in [5.74, 6) is -0.434.